The van der Waals surface area contributed by atoms with Crippen LogP contribution >= 0.6 is 11.6 Å². The molecule has 3 aliphatic rings. The Kier molecular flexibility index (Phi) is 3.81. The third-order valence-corrected chi connectivity index (χ3v) is 5.03. The first-order valence-electron chi connectivity index (χ1n) is 8.14. The van der Waals surface area contributed by atoms with Gasteiger partial charge >= 0.3 is 0 Å². The molecule has 4 heteroatoms. The Labute approximate surface area is 146 Å². The van der Waals surface area contributed by atoms with E-state index in [1.165, 1.54) is 35.3 Å². The summed E-state index contributed by atoms with van der Waals surface area (Å²) < 4.78 is 5.24. The van der Waals surface area contributed by atoms with Gasteiger partial charge in [0.25, 0.3) is 6.47 Å². The number of carbonyl (C=O) groups is 1. The van der Waals surface area contributed by atoms with E-state index in [9.17, 15) is 4.79 Å². The first kappa shape index (κ1) is 15.3. The van der Waals surface area contributed by atoms with Crippen molar-refractivity contribution in [2.75, 3.05) is 0 Å². The molecule has 0 N–H and O–H groups in total. The lowest BCUT2D eigenvalue weighted by molar-refractivity contribution is -0.136. The Morgan fingerprint density at radius 2 is 1.96 bits per heavy atom. The summed E-state index contributed by atoms with van der Waals surface area (Å²) in [4.78, 5) is 12.9. The van der Waals surface area contributed by atoms with Crippen LogP contribution in [0.1, 0.15) is 25.3 Å². The summed E-state index contributed by atoms with van der Waals surface area (Å²) in [5.74, 6) is 0.615. The lowest BCUT2D eigenvalue weighted by Crippen LogP contribution is -2.35. The molecule has 0 amide bonds. The maximum absolute atomic E-state index is 10.8. The van der Waals surface area contributed by atoms with Crippen LogP contribution in [0.3, 0.4) is 0 Å². The van der Waals surface area contributed by atoms with Crippen LogP contribution in [0.25, 0.3) is 5.57 Å². The van der Waals surface area contributed by atoms with Crippen LogP contribution in [0.4, 0.5) is 0 Å². The van der Waals surface area contributed by atoms with Crippen LogP contribution in [0.2, 0.25) is 5.02 Å². The highest BCUT2D eigenvalue weighted by Crippen LogP contribution is 2.45. The van der Waals surface area contributed by atoms with Crippen molar-refractivity contribution < 1.29 is 9.53 Å². The molecule has 24 heavy (non-hydrogen) atoms. The fourth-order valence-corrected chi connectivity index (χ4v) is 3.57. The monoisotopic (exact) mass is 339 g/mol. The summed E-state index contributed by atoms with van der Waals surface area (Å²) >= 11 is 6.01. The maximum atomic E-state index is 10.8. The molecule has 0 aromatic heterocycles. The zero-order chi connectivity index (χ0) is 16.7. The quantitative estimate of drug-likeness (QED) is 0.746. The molecule has 0 spiro atoms. The molecule has 4 rings (SSSR count). The van der Waals surface area contributed by atoms with Gasteiger partial charge in [-0.05, 0) is 72.3 Å². The third kappa shape index (κ3) is 2.59. The summed E-state index contributed by atoms with van der Waals surface area (Å²) in [5, 5.41) is 0.733. The molecule has 1 aromatic carbocycles. The van der Waals surface area contributed by atoms with Gasteiger partial charge in [-0.15, -0.1) is 0 Å². The van der Waals surface area contributed by atoms with Crippen LogP contribution < -0.4 is 0 Å². The van der Waals surface area contributed by atoms with Gasteiger partial charge in [0.1, 0.15) is 0 Å². The first-order chi connectivity index (χ1) is 11.7. The van der Waals surface area contributed by atoms with E-state index >= 15 is 0 Å². The van der Waals surface area contributed by atoms with Crippen molar-refractivity contribution in [3.8, 4) is 0 Å². The zero-order valence-electron chi connectivity index (χ0n) is 13.4. The predicted octanol–water partition coefficient (Wildman–Crippen LogP) is 4.68. The van der Waals surface area contributed by atoms with Crippen molar-refractivity contribution in [2.24, 2.45) is 5.92 Å². The smallest absolute Gasteiger partial charge is 0.295 e. The van der Waals surface area contributed by atoms with Crippen molar-refractivity contribution >= 4 is 23.6 Å². The average molecular weight is 340 g/mol. The van der Waals surface area contributed by atoms with Gasteiger partial charge in [0.2, 0.25) is 0 Å². The van der Waals surface area contributed by atoms with Gasteiger partial charge in [-0.1, -0.05) is 29.8 Å². The van der Waals surface area contributed by atoms with E-state index in [-0.39, 0.29) is 6.23 Å². The van der Waals surface area contributed by atoms with Gasteiger partial charge in [-0.25, -0.2) is 0 Å². The van der Waals surface area contributed by atoms with Crippen LogP contribution in [0, 0.1) is 5.92 Å². The Hall–Kier alpha value is -2.26. The van der Waals surface area contributed by atoms with E-state index in [2.05, 4.69) is 24.0 Å². The SMILES string of the molecule is CC1=C(c2ccc(Cl)cc2)C=CN2C1=C(C1CC1)C=CC2OC=O. The lowest BCUT2D eigenvalue weighted by atomic mass is 9.90. The number of benzene rings is 1. The molecule has 1 aromatic rings. The molecule has 2 aliphatic heterocycles. The molecule has 0 saturated heterocycles. The highest BCUT2D eigenvalue weighted by atomic mass is 35.5. The van der Waals surface area contributed by atoms with E-state index in [1.807, 2.05) is 36.5 Å². The molecule has 2 heterocycles. The minimum absolute atomic E-state index is 0.377. The standard InChI is InChI=1S/C20H18ClNO2/c1-13-17(14-4-6-16(21)7-5-14)10-11-22-19(24-12-23)9-8-18(20(13)22)15-2-3-15/h4-12,15,19H,2-3H2,1H3. The molecule has 3 nitrogen and oxygen atoms in total. The number of halogens is 1. The predicted molar refractivity (Wildman–Crippen MR) is 94.9 cm³/mol. The first-order valence-corrected chi connectivity index (χ1v) is 8.52. The second-order valence-electron chi connectivity index (χ2n) is 6.33. The number of hydrogen-bond acceptors (Lipinski definition) is 3. The number of fused-ring (bicyclic) bond motifs is 1. The summed E-state index contributed by atoms with van der Waals surface area (Å²) in [6.45, 7) is 2.64. The molecule has 1 aliphatic carbocycles. The van der Waals surface area contributed by atoms with Crippen LogP contribution in [-0.2, 0) is 9.53 Å². The van der Waals surface area contributed by atoms with E-state index in [1.54, 1.807) is 0 Å². The number of rotatable bonds is 4. The van der Waals surface area contributed by atoms with Gasteiger partial charge in [0.15, 0.2) is 6.23 Å². The Morgan fingerprint density at radius 1 is 1.21 bits per heavy atom. The van der Waals surface area contributed by atoms with Crippen LogP contribution in [-0.4, -0.2) is 17.6 Å². The molecule has 1 saturated carbocycles. The lowest BCUT2D eigenvalue weighted by Gasteiger charge is -2.37. The van der Waals surface area contributed by atoms with Crippen LogP contribution in [0.15, 0.2) is 65.5 Å². The fourth-order valence-electron chi connectivity index (χ4n) is 3.44. The second kappa shape index (κ2) is 5.99. The number of hydrogen-bond donors (Lipinski definition) is 0. The summed E-state index contributed by atoms with van der Waals surface area (Å²) in [7, 11) is 0. The minimum Gasteiger partial charge on any atom is -0.440 e. The molecular weight excluding hydrogens is 322 g/mol. The molecule has 1 unspecified atom stereocenters. The second-order valence-corrected chi connectivity index (χ2v) is 6.77. The van der Waals surface area contributed by atoms with E-state index < -0.39 is 0 Å². The zero-order valence-corrected chi connectivity index (χ0v) is 14.2. The topological polar surface area (TPSA) is 29.5 Å². The molecule has 1 fully saturated rings. The van der Waals surface area contributed by atoms with Gasteiger partial charge in [0, 0.05) is 11.2 Å². The number of carbonyl (C=O) groups excluding carboxylic acids is 1. The number of nitrogens with zero attached hydrogens (tertiary/aromatic N) is 1. The normalized spacial score (nSPS) is 22.8. The summed E-state index contributed by atoms with van der Waals surface area (Å²) in [5.41, 5.74) is 6.02. The van der Waals surface area contributed by atoms with Gasteiger partial charge in [-0.2, -0.15) is 0 Å². The van der Waals surface area contributed by atoms with Crippen molar-refractivity contribution in [3.63, 3.8) is 0 Å². The largest absolute Gasteiger partial charge is 0.440 e. The Bertz CT molecular complexity index is 797. The fraction of sp³-hybridized carbons (Fsp3) is 0.250. The molecular formula is C20H18ClNO2. The molecule has 1 atom stereocenters. The minimum atomic E-state index is -0.377. The van der Waals surface area contributed by atoms with E-state index in [0.29, 0.717) is 12.4 Å². The van der Waals surface area contributed by atoms with Crippen molar-refractivity contribution in [3.05, 3.63) is 76.1 Å². The maximum Gasteiger partial charge on any atom is 0.295 e. The van der Waals surface area contributed by atoms with Crippen molar-refractivity contribution in [1.82, 2.24) is 4.90 Å². The number of allylic oxidation sites excluding steroid dienone is 5. The van der Waals surface area contributed by atoms with Gasteiger partial charge in [-0.3, -0.25) is 4.79 Å². The average Bonchev–Trinajstić information content (AvgIpc) is 3.42. The third-order valence-electron chi connectivity index (χ3n) is 4.77. The van der Waals surface area contributed by atoms with Crippen molar-refractivity contribution in [2.45, 2.75) is 26.0 Å². The van der Waals surface area contributed by atoms with Crippen molar-refractivity contribution in [1.29, 1.82) is 0 Å². The summed E-state index contributed by atoms with van der Waals surface area (Å²) in [6.07, 6.45) is 10.2. The van der Waals surface area contributed by atoms with E-state index in [4.69, 9.17) is 16.3 Å². The Balaban J connectivity index is 1.81. The van der Waals surface area contributed by atoms with Crippen LogP contribution in [0.5, 0.6) is 0 Å². The van der Waals surface area contributed by atoms with Gasteiger partial charge < -0.3 is 9.64 Å². The number of ether oxygens (including phenoxy) is 1. The molecule has 0 radical (unpaired) electrons. The molecule has 122 valence electrons. The highest BCUT2D eigenvalue weighted by molar-refractivity contribution is 6.30. The highest BCUT2D eigenvalue weighted by Gasteiger charge is 2.35. The Morgan fingerprint density at radius 3 is 2.62 bits per heavy atom. The summed E-state index contributed by atoms with van der Waals surface area (Å²) in [6, 6.07) is 7.90. The van der Waals surface area contributed by atoms with Gasteiger partial charge in [0.05, 0.1) is 5.70 Å². The molecule has 0 bridgehead atoms. The van der Waals surface area contributed by atoms with E-state index in [0.717, 1.165) is 10.6 Å².